The Bertz CT molecular complexity index is 667. The van der Waals surface area contributed by atoms with Crippen LogP contribution in [0.1, 0.15) is 19.4 Å². The largest absolute Gasteiger partial charge is 0.497 e. The van der Waals surface area contributed by atoms with Gasteiger partial charge >= 0.3 is 0 Å². The van der Waals surface area contributed by atoms with Crippen molar-refractivity contribution in [2.24, 2.45) is 0 Å². The number of amides is 1. The van der Waals surface area contributed by atoms with E-state index in [0.29, 0.717) is 12.4 Å². The molecule has 0 bridgehead atoms. The lowest BCUT2D eigenvalue weighted by molar-refractivity contribution is -0.128. The van der Waals surface area contributed by atoms with Gasteiger partial charge in [0.25, 0.3) is 5.91 Å². The molecule has 2 aromatic carbocycles. The lowest BCUT2D eigenvalue weighted by atomic mass is 10.2. The van der Waals surface area contributed by atoms with Gasteiger partial charge < -0.3 is 19.5 Å². The average Bonchev–Trinajstić information content (AvgIpc) is 2.62. The van der Waals surface area contributed by atoms with Crippen molar-refractivity contribution in [3.8, 4) is 17.2 Å². The fourth-order valence-electron chi connectivity index (χ4n) is 2.17. The van der Waals surface area contributed by atoms with Gasteiger partial charge in [-0.05, 0) is 57.2 Å². The van der Waals surface area contributed by atoms with E-state index in [1.807, 2.05) is 62.4 Å². The van der Waals surface area contributed by atoms with Gasteiger partial charge in [0.05, 0.1) is 13.2 Å². The summed E-state index contributed by atoms with van der Waals surface area (Å²) in [5, 5.41) is 2.89. The van der Waals surface area contributed by atoms with Crippen LogP contribution in [0.25, 0.3) is 0 Å². The van der Waals surface area contributed by atoms with Crippen LogP contribution in [-0.4, -0.2) is 31.8 Å². The molecular weight excluding hydrogens is 318 g/mol. The highest BCUT2D eigenvalue weighted by Gasteiger charge is 2.17. The number of carbonyl (C=O) groups is 1. The van der Waals surface area contributed by atoms with Crippen LogP contribution >= 0.6 is 0 Å². The highest BCUT2D eigenvalue weighted by Crippen LogP contribution is 2.17. The van der Waals surface area contributed by atoms with Crippen LogP contribution in [0.4, 0.5) is 0 Å². The third kappa shape index (κ3) is 6.03. The lowest BCUT2D eigenvalue weighted by Gasteiger charge is -2.19. The maximum Gasteiger partial charge on any atom is 0.261 e. The SMILES string of the molecule is COc1ccc(OC[C@@H](C)NC(=O)[C@@H](C)Oc2ccc(C)cc2)cc1. The molecule has 0 saturated carbocycles. The molecule has 1 amide bonds. The van der Waals surface area contributed by atoms with Crippen molar-refractivity contribution in [3.05, 3.63) is 54.1 Å². The van der Waals surface area contributed by atoms with Crippen molar-refractivity contribution in [2.45, 2.75) is 32.9 Å². The number of hydrogen-bond acceptors (Lipinski definition) is 4. The summed E-state index contributed by atoms with van der Waals surface area (Å²) in [5.74, 6) is 2.00. The van der Waals surface area contributed by atoms with E-state index in [1.54, 1.807) is 14.0 Å². The van der Waals surface area contributed by atoms with Crippen LogP contribution in [0, 0.1) is 6.92 Å². The fraction of sp³-hybridized carbons (Fsp3) is 0.350. The van der Waals surface area contributed by atoms with Crippen LogP contribution in [0.3, 0.4) is 0 Å². The third-order valence-electron chi connectivity index (χ3n) is 3.65. The summed E-state index contributed by atoms with van der Waals surface area (Å²) in [6, 6.07) is 14.8. The molecule has 5 heteroatoms. The second-order valence-electron chi connectivity index (χ2n) is 5.97. The molecular formula is C20H25NO4. The van der Waals surface area contributed by atoms with Crippen molar-refractivity contribution in [2.75, 3.05) is 13.7 Å². The van der Waals surface area contributed by atoms with E-state index in [2.05, 4.69) is 5.32 Å². The Balaban J connectivity index is 1.77. The van der Waals surface area contributed by atoms with E-state index in [1.165, 1.54) is 0 Å². The Morgan fingerprint density at radius 3 is 2.12 bits per heavy atom. The normalized spacial score (nSPS) is 12.8. The van der Waals surface area contributed by atoms with Gasteiger partial charge in [-0.15, -0.1) is 0 Å². The quantitative estimate of drug-likeness (QED) is 0.798. The molecule has 1 N–H and O–H groups in total. The van der Waals surface area contributed by atoms with Crippen LogP contribution in [0.2, 0.25) is 0 Å². The summed E-state index contributed by atoms with van der Waals surface area (Å²) in [4.78, 5) is 12.2. The average molecular weight is 343 g/mol. The zero-order chi connectivity index (χ0) is 18.2. The smallest absolute Gasteiger partial charge is 0.261 e. The molecule has 5 nitrogen and oxygen atoms in total. The summed E-state index contributed by atoms with van der Waals surface area (Å²) in [7, 11) is 1.62. The number of benzene rings is 2. The van der Waals surface area contributed by atoms with E-state index in [4.69, 9.17) is 14.2 Å². The van der Waals surface area contributed by atoms with E-state index < -0.39 is 6.10 Å². The zero-order valence-corrected chi connectivity index (χ0v) is 15.1. The molecule has 25 heavy (non-hydrogen) atoms. The lowest BCUT2D eigenvalue weighted by Crippen LogP contribution is -2.43. The van der Waals surface area contributed by atoms with Gasteiger partial charge in [-0.25, -0.2) is 0 Å². The summed E-state index contributed by atoms with van der Waals surface area (Å²) in [6.45, 7) is 5.99. The summed E-state index contributed by atoms with van der Waals surface area (Å²) in [6.07, 6.45) is -0.578. The number of rotatable bonds is 8. The molecule has 0 aliphatic carbocycles. The molecule has 0 unspecified atom stereocenters. The molecule has 2 aromatic rings. The van der Waals surface area contributed by atoms with Gasteiger partial charge in [-0.3, -0.25) is 4.79 Å². The van der Waals surface area contributed by atoms with E-state index in [9.17, 15) is 4.79 Å². The molecule has 0 spiro atoms. The van der Waals surface area contributed by atoms with Gasteiger partial charge in [0.15, 0.2) is 6.10 Å². The predicted octanol–water partition coefficient (Wildman–Crippen LogP) is 3.35. The van der Waals surface area contributed by atoms with Gasteiger partial charge in [0.2, 0.25) is 0 Å². The first kappa shape index (κ1) is 18.6. The Labute approximate surface area is 148 Å². The number of hydrogen-bond donors (Lipinski definition) is 1. The van der Waals surface area contributed by atoms with Crippen molar-refractivity contribution in [1.82, 2.24) is 5.32 Å². The summed E-state index contributed by atoms with van der Waals surface area (Å²) < 4.78 is 16.4. The molecule has 0 aliphatic heterocycles. The van der Waals surface area contributed by atoms with Gasteiger partial charge in [0.1, 0.15) is 23.9 Å². The van der Waals surface area contributed by atoms with E-state index >= 15 is 0 Å². The number of nitrogens with one attached hydrogen (secondary N) is 1. The highest BCUT2D eigenvalue weighted by molar-refractivity contribution is 5.81. The number of aryl methyl sites for hydroxylation is 1. The second kappa shape index (κ2) is 8.97. The topological polar surface area (TPSA) is 56.8 Å². The van der Waals surface area contributed by atoms with Crippen molar-refractivity contribution < 1.29 is 19.0 Å². The van der Waals surface area contributed by atoms with Crippen LogP contribution < -0.4 is 19.5 Å². The second-order valence-corrected chi connectivity index (χ2v) is 5.97. The Morgan fingerprint density at radius 2 is 1.52 bits per heavy atom. The number of carbonyl (C=O) groups excluding carboxylic acids is 1. The Morgan fingerprint density at radius 1 is 0.960 bits per heavy atom. The monoisotopic (exact) mass is 343 g/mol. The minimum atomic E-state index is -0.578. The summed E-state index contributed by atoms with van der Waals surface area (Å²) >= 11 is 0. The zero-order valence-electron chi connectivity index (χ0n) is 15.1. The van der Waals surface area contributed by atoms with Gasteiger partial charge in [-0.1, -0.05) is 17.7 Å². The fourth-order valence-corrected chi connectivity index (χ4v) is 2.17. The van der Waals surface area contributed by atoms with Crippen molar-refractivity contribution in [3.63, 3.8) is 0 Å². The van der Waals surface area contributed by atoms with Crippen molar-refractivity contribution in [1.29, 1.82) is 0 Å². The molecule has 0 saturated heterocycles. The van der Waals surface area contributed by atoms with Crippen molar-refractivity contribution >= 4 is 5.91 Å². The first-order chi connectivity index (χ1) is 12.0. The molecule has 0 aromatic heterocycles. The molecule has 134 valence electrons. The van der Waals surface area contributed by atoms with Gasteiger partial charge in [0, 0.05) is 0 Å². The molecule has 0 radical (unpaired) electrons. The minimum absolute atomic E-state index is 0.140. The van der Waals surface area contributed by atoms with E-state index in [-0.39, 0.29) is 11.9 Å². The molecule has 0 aliphatic rings. The highest BCUT2D eigenvalue weighted by atomic mass is 16.5. The maximum absolute atomic E-state index is 12.2. The Kier molecular flexibility index (Phi) is 6.69. The first-order valence-corrected chi connectivity index (χ1v) is 8.28. The summed E-state index contributed by atoms with van der Waals surface area (Å²) in [5.41, 5.74) is 1.15. The molecule has 2 rings (SSSR count). The molecule has 2 atom stereocenters. The van der Waals surface area contributed by atoms with Crippen LogP contribution in [-0.2, 0) is 4.79 Å². The van der Waals surface area contributed by atoms with E-state index in [0.717, 1.165) is 17.1 Å². The first-order valence-electron chi connectivity index (χ1n) is 8.28. The number of ether oxygens (including phenoxy) is 3. The number of methoxy groups -OCH3 is 1. The minimum Gasteiger partial charge on any atom is -0.497 e. The predicted molar refractivity (Wildman–Crippen MR) is 97.4 cm³/mol. The standard InChI is InChI=1S/C20H25NO4/c1-14-5-7-19(8-6-14)25-16(3)20(22)21-15(2)13-24-18-11-9-17(23-4)10-12-18/h5-12,15-16H,13H2,1-4H3,(H,21,22)/t15-,16-/m1/s1. The van der Waals surface area contributed by atoms with Crippen LogP contribution in [0.15, 0.2) is 48.5 Å². The Hall–Kier alpha value is -2.69. The van der Waals surface area contributed by atoms with Crippen LogP contribution in [0.5, 0.6) is 17.2 Å². The van der Waals surface area contributed by atoms with Gasteiger partial charge in [-0.2, -0.15) is 0 Å². The molecule has 0 heterocycles. The molecule has 0 fully saturated rings. The maximum atomic E-state index is 12.2. The third-order valence-corrected chi connectivity index (χ3v) is 3.65.